The Morgan fingerprint density at radius 2 is 2.20 bits per heavy atom. The Bertz CT molecular complexity index is 491. The molecular formula is C10H14N4O. The van der Waals surface area contributed by atoms with Crippen LogP contribution in [0, 0.1) is 13.8 Å². The van der Waals surface area contributed by atoms with Crippen LogP contribution in [-0.2, 0) is 0 Å². The van der Waals surface area contributed by atoms with Crippen molar-refractivity contribution < 1.29 is 5.21 Å². The van der Waals surface area contributed by atoms with Gasteiger partial charge >= 0.3 is 0 Å². The first-order valence-electron chi connectivity index (χ1n) is 4.85. The Kier molecular flexibility index (Phi) is 2.42. The summed E-state index contributed by atoms with van der Waals surface area (Å²) in [5, 5.41) is 13.2. The van der Waals surface area contributed by atoms with Gasteiger partial charge in [0.05, 0.1) is 11.7 Å². The highest BCUT2D eigenvalue weighted by Crippen LogP contribution is 2.17. The normalized spacial score (nSPS) is 13.3. The van der Waals surface area contributed by atoms with Crippen LogP contribution < -0.4 is 5.48 Å². The van der Waals surface area contributed by atoms with Gasteiger partial charge in [-0.3, -0.25) is 0 Å². The van der Waals surface area contributed by atoms with Gasteiger partial charge in [0.25, 0.3) is 0 Å². The summed E-state index contributed by atoms with van der Waals surface area (Å²) in [7, 11) is 0. The molecule has 15 heavy (non-hydrogen) atoms. The molecule has 5 heteroatoms. The minimum atomic E-state index is -0.147. The van der Waals surface area contributed by atoms with Crippen LogP contribution in [0.25, 0.3) is 5.65 Å². The zero-order chi connectivity index (χ0) is 11.0. The molecule has 5 nitrogen and oxygen atoms in total. The fraction of sp³-hybridized carbons (Fsp3) is 0.400. The van der Waals surface area contributed by atoms with Gasteiger partial charge in [-0.15, -0.1) is 0 Å². The zero-order valence-corrected chi connectivity index (χ0v) is 9.02. The van der Waals surface area contributed by atoms with Gasteiger partial charge in [-0.2, -0.15) is 10.6 Å². The highest BCUT2D eigenvalue weighted by molar-refractivity contribution is 5.42. The summed E-state index contributed by atoms with van der Waals surface area (Å²) < 4.78 is 1.79. The second-order valence-electron chi connectivity index (χ2n) is 3.71. The third-order valence-corrected chi connectivity index (χ3v) is 2.54. The summed E-state index contributed by atoms with van der Waals surface area (Å²) in [5.41, 5.74) is 5.91. The first kappa shape index (κ1) is 10.1. The predicted octanol–water partition coefficient (Wildman–Crippen LogP) is 1.39. The van der Waals surface area contributed by atoms with Gasteiger partial charge in [0, 0.05) is 23.5 Å². The molecule has 0 fully saturated rings. The Labute approximate surface area is 87.7 Å². The Balaban J connectivity index is 2.64. The van der Waals surface area contributed by atoms with Gasteiger partial charge in [0.15, 0.2) is 5.65 Å². The summed E-state index contributed by atoms with van der Waals surface area (Å²) in [5.74, 6) is 0. The van der Waals surface area contributed by atoms with Crippen molar-refractivity contribution in [2.45, 2.75) is 26.8 Å². The lowest BCUT2D eigenvalue weighted by atomic mass is 10.1. The fourth-order valence-corrected chi connectivity index (χ4v) is 1.67. The molecule has 0 bridgehead atoms. The highest BCUT2D eigenvalue weighted by Gasteiger charge is 2.11. The first-order valence-corrected chi connectivity index (χ1v) is 4.85. The number of rotatable bonds is 2. The van der Waals surface area contributed by atoms with Gasteiger partial charge in [-0.1, -0.05) is 0 Å². The second kappa shape index (κ2) is 3.60. The minimum absolute atomic E-state index is 0.147. The molecular weight excluding hydrogens is 192 g/mol. The van der Waals surface area contributed by atoms with E-state index in [1.807, 2.05) is 26.8 Å². The number of aryl methyl sites for hydroxylation is 2. The van der Waals surface area contributed by atoms with Gasteiger partial charge in [-0.05, 0) is 20.8 Å². The number of hydrogen-bond acceptors (Lipinski definition) is 4. The predicted molar refractivity (Wildman–Crippen MR) is 55.8 cm³/mol. The Morgan fingerprint density at radius 1 is 1.47 bits per heavy atom. The molecule has 2 heterocycles. The molecule has 2 rings (SSSR count). The first-order chi connectivity index (χ1) is 7.13. The summed E-state index contributed by atoms with van der Waals surface area (Å²) >= 11 is 0. The van der Waals surface area contributed by atoms with E-state index in [2.05, 4.69) is 15.6 Å². The third-order valence-electron chi connectivity index (χ3n) is 2.54. The molecule has 80 valence electrons. The van der Waals surface area contributed by atoms with Gasteiger partial charge in [-0.25, -0.2) is 9.50 Å². The van der Waals surface area contributed by atoms with Crippen LogP contribution in [0.3, 0.4) is 0 Å². The van der Waals surface area contributed by atoms with E-state index in [1.165, 1.54) is 0 Å². The number of fused-ring (bicyclic) bond motifs is 1. The monoisotopic (exact) mass is 206 g/mol. The van der Waals surface area contributed by atoms with Crippen LogP contribution in [0.4, 0.5) is 0 Å². The molecule has 0 aliphatic heterocycles. The van der Waals surface area contributed by atoms with E-state index in [4.69, 9.17) is 5.21 Å². The molecule has 0 aliphatic carbocycles. The lowest BCUT2D eigenvalue weighted by Crippen LogP contribution is -2.16. The molecule has 0 spiro atoms. The summed E-state index contributed by atoms with van der Waals surface area (Å²) in [6.45, 7) is 5.76. The molecule has 0 amide bonds. The highest BCUT2D eigenvalue weighted by atomic mass is 16.5. The molecule has 0 aromatic carbocycles. The average molecular weight is 206 g/mol. The van der Waals surface area contributed by atoms with Crippen molar-refractivity contribution in [1.29, 1.82) is 0 Å². The standard InChI is InChI=1S/C10H14N4O/c1-6-4-10-11-5-9(7(2)13-15)8(3)14(10)12-6/h4-5,7,13,15H,1-3H3. The van der Waals surface area contributed by atoms with Gasteiger partial charge in [0.1, 0.15) is 0 Å². The maximum Gasteiger partial charge on any atom is 0.155 e. The Hall–Kier alpha value is -1.46. The number of aromatic nitrogens is 3. The van der Waals surface area contributed by atoms with Gasteiger partial charge in [0.2, 0.25) is 0 Å². The number of hydrogen-bond donors (Lipinski definition) is 2. The molecule has 0 saturated heterocycles. The zero-order valence-electron chi connectivity index (χ0n) is 9.02. The molecule has 2 aromatic rings. The molecule has 1 atom stereocenters. The molecule has 0 radical (unpaired) electrons. The summed E-state index contributed by atoms with van der Waals surface area (Å²) in [4.78, 5) is 4.28. The number of nitrogens with zero attached hydrogens (tertiary/aromatic N) is 3. The smallest absolute Gasteiger partial charge is 0.155 e. The maximum atomic E-state index is 8.88. The molecule has 0 aliphatic rings. The quantitative estimate of drug-likeness (QED) is 0.729. The molecule has 0 saturated carbocycles. The van der Waals surface area contributed by atoms with Crippen molar-refractivity contribution in [2.75, 3.05) is 0 Å². The summed E-state index contributed by atoms with van der Waals surface area (Å²) in [6.07, 6.45) is 1.76. The third kappa shape index (κ3) is 1.60. The number of nitrogens with one attached hydrogen (secondary N) is 1. The minimum Gasteiger partial charge on any atom is -0.316 e. The van der Waals surface area contributed by atoms with Crippen LogP contribution >= 0.6 is 0 Å². The molecule has 2 aromatic heterocycles. The fourth-order valence-electron chi connectivity index (χ4n) is 1.67. The largest absolute Gasteiger partial charge is 0.316 e. The van der Waals surface area contributed by atoms with Crippen LogP contribution in [0.2, 0.25) is 0 Å². The van der Waals surface area contributed by atoms with Crippen molar-refractivity contribution in [1.82, 2.24) is 20.1 Å². The van der Waals surface area contributed by atoms with Crippen LogP contribution in [-0.4, -0.2) is 19.8 Å². The topological polar surface area (TPSA) is 62.5 Å². The average Bonchev–Trinajstić information content (AvgIpc) is 2.59. The molecule has 1 unspecified atom stereocenters. The van der Waals surface area contributed by atoms with Crippen molar-refractivity contribution in [3.63, 3.8) is 0 Å². The van der Waals surface area contributed by atoms with Crippen LogP contribution in [0.5, 0.6) is 0 Å². The molecule has 2 N–H and O–H groups in total. The SMILES string of the molecule is Cc1cc2ncc(C(C)NO)c(C)n2n1. The van der Waals surface area contributed by atoms with Gasteiger partial charge < -0.3 is 5.21 Å². The van der Waals surface area contributed by atoms with E-state index in [0.717, 1.165) is 22.6 Å². The lowest BCUT2D eigenvalue weighted by Gasteiger charge is -2.12. The van der Waals surface area contributed by atoms with E-state index < -0.39 is 0 Å². The lowest BCUT2D eigenvalue weighted by molar-refractivity contribution is 0.133. The van der Waals surface area contributed by atoms with Crippen molar-refractivity contribution >= 4 is 5.65 Å². The summed E-state index contributed by atoms with van der Waals surface area (Å²) in [6, 6.07) is 1.78. The van der Waals surface area contributed by atoms with Crippen molar-refractivity contribution in [3.8, 4) is 0 Å². The van der Waals surface area contributed by atoms with Crippen molar-refractivity contribution in [2.24, 2.45) is 0 Å². The van der Waals surface area contributed by atoms with Crippen LogP contribution in [0.1, 0.15) is 29.9 Å². The van der Waals surface area contributed by atoms with E-state index in [-0.39, 0.29) is 6.04 Å². The van der Waals surface area contributed by atoms with Crippen LogP contribution in [0.15, 0.2) is 12.3 Å². The maximum absolute atomic E-state index is 8.88. The second-order valence-corrected chi connectivity index (χ2v) is 3.71. The van der Waals surface area contributed by atoms with E-state index in [9.17, 15) is 0 Å². The number of hydroxylamine groups is 1. The van der Waals surface area contributed by atoms with Crippen molar-refractivity contribution in [3.05, 3.63) is 29.2 Å². The van der Waals surface area contributed by atoms with E-state index >= 15 is 0 Å². The Morgan fingerprint density at radius 3 is 2.87 bits per heavy atom. The van der Waals surface area contributed by atoms with E-state index in [1.54, 1.807) is 10.7 Å². The van der Waals surface area contributed by atoms with E-state index in [0.29, 0.717) is 0 Å².